The van der Waals surface area contributed by atoms with Crippen LogP contribution in [-0.4, -0.2) is 43.8 Å². The summed E-state index contributed by atoms with van der Waals surface area (Å²) in [5.41, 5.74) is 4.80. The van der Waals surface area contributed by atoms with E-state index in [1.807, 2.05) is 71.0 Å². The Bertz CT molecular complexity index is 1740. The maximum absolute atomic E-state index is 14.6. The zero-order valence-electron chi connectivity index (χ0n) is 27.0. The number of aryl methyl sites for hydroxylation is 3. The highest BCUT2D eigenvalue weighted by atomic mass is 35.5. The second-order valence-electron chi connectivity index (χ2n) is 11.8. The second kappa shape index (κ2) is 15.4. The van der Waals surface area contributed by atoms with Crippen LogP contribution < -0.4 is 9.62 Å². The number of hydrogen-bond donors (Lipinski definition) is 1. The van der Waals surface area contributed by atoms with Crippen LogP contribution in [-0.2, 0) is 32.6 Å². The summed E-state index contributed by atoms with van der Waals surface area (Å²) in [5, 5.41) is 3.60. The number of halogens is 1. The summed E-state index contributed by atoms with van der Waals surface area (Å²) in [7, 11) is -4.17. The molecule has 2 atom stereocenters. The molecule has 4 rings (SSSR count). The molecule has 4 aromatic rings. The van der Waals surface area contributed by atoms with E-state index in [2.05, 4.69) is 5.32 Å². The molecule has 0 aromatic heterocycles. The standard InChI is InChI=1S/C37H42ClN3O4S/c1-6-29(5)39-37(43)35(23-30-10-8-7-9-11-30)40(24-31-15-17-32(38)18-16-31)36(42)25-41(33-19-14-27(3)28(4)22-33)46(44,45)34-20-12-26(2)13-21-34/h7-22,29,35H,6,23-25H2,1-5H3,(H,39,43)/t29-,35-/m0/s1. The summed E-state index contributed by atoms with van der Waals surface area (Å²) in [6, 6.07) is 27.4. The molecule has 0 bridgehead atoms. The van der Waals surface area contributed by atoms with Gasteiger partial charge < -0.3 is 10.2 Å². The lowest BCUT2D eigenvalue weighted by Crippen LogP contribution is -2.54. The number of hydrogen-bond acceptors (Lipinski definition) is 4. The van der Waals surface area contributed by atoms with Crippen molar-refractivity contribution < 1.29 is 18.0 Å². The highest BCUT2D eigenvalue weighted by molar-refractivity contribution is 7.92. The number of carbonyl (C=O) groups is 2. The monoisotopic (exact) mass is 659 g/mol. The maximum atomic E-state index is 14.6. The van der Waals surface area contributed by atoms with Crippen molar-refractivity contribution in [3.05, 3.63) is 130 Å². The molecular weight excluding hydrogens is 618 g/mol. The molecular formula is C37H42ClN3O4S. The molecule has 0 aliphatic heterocycles. The van der Waals surface area contributed by atoms with Gasteiger partial charge in [0, 0.05) is 24.0 Å². The van der Waals surface area contributed by atoms with E-state index in [1.165, 1.54) is 4.90 Å². The Hall–Kier alpha value is -4.14. The van der Waals surface area contributed by atoms with E-state index in [1.54, 1.807) is 60.7 Å². The van der Waals surface area contributed by atoms with Gasteiger partial charge in [-0.05, 0) is 92.8 Å². The third-order valence-electron chi connectivity index (χ3n) is 8.20. The number of sulfonamides is 1. The maximum Gasteiger partial charge on any atom is 0.264 e. The van der Waals surface area contributed by atoms with Gasteiger partial charge in [-0.1, -0.05) is 84.8 Å². The summed E-state index contributed by atoms with van der Waals surface area (Å²) < 4.78 is 29.6. The van der Waals surface area contributed by atoms with Crippen molar-refractivity contribution in [3.63, 3.8) is 0 Å². The molecule has 0 fully saturated rings. The van der Waals surface area contributed by atoms with Gasteiger partial charge in [0.15, 0.2) is 0 Å². The number of nitrogens with one attached hydrogen (secondary N) is 1. The van der Waals surface area contributed by atoms with Gasteiger partial charge in [-0.2, -0.15) is 0 Å². The van der Waals surface area contributed by atoms with Gasteiger partial charge in [-0.25, -0.2) is 8.42 Å². The lowest BCUT2D eigenvalue weighted by atomic mass is 10.0. The molecule has 0 radical (unpaired) electrons. The van der Waals surface area contributed by atoms with Crippen molar-refractivity contribution in [1.82, 2.24) is 10.2 Å². The summed E-state index contributed by atoms with van der Waals surface area (Å²) in [5.74, 6) is -0.816. The van der Waals surface area contributed by atoms with E-state index in [4.69, 9.17) is 11.6 Å². The summed E-state index contributed by atoms with van der Waals surface area (Å²) >= 11 is 6.16. The molecule has 0 heterocycles. The number of rotatable bonds is 13. The van der Waals surface area contributed by atoms with Gasteiger partial charge in [0.05, 0.1) is 10.6 Å². The highest BCUT2D eigenvalue weighted by Crippen LogP contribution is 2.27. The van der Waals surface area contributed by atoms with E-state index >= 15 is 0 Å². The lowest BCUT2D eigenvalue weighted by Gasteiger charge is -2.34. The second-order valence-corrected chi connectivity index (χ2v) is 14.1. The Morgan fingerprint density at radius 1 is 0.826 bits per heavy atom. The molecule has 0 aliphatic rings. The van der Waals surface area contributed by atoms with Crippen LogP contribution in [0, 0.1) is 20.8 Å². The van der Waals surface area contributed by atoms with Gasteiger partial charge in [0.25, 0.3) is 10.0 Å². The zero-order valence-corrected chi connectivity index (χ0v) is 28.6. The molecule has 1 N–H and O–H groups in total. The first-order valence-electron chi connectivity index (χ1n) is 15.4. The van der Waals surface area contributed by atoms with E-state index < -0.39 is 28.5 Å². The number of amides is 2. The fourth-order valence-electron chi connectivity index (χ4n) is 5.03. The molecule has 9 heteroatoms. The highest BCUT2D eigenvalue weighted by Gasteiger charge is 2.35. The fraction of sp³-hybridized carbons (Fsp3) is 0.297. The van der Waals surface area contributed by atoms with Gasteiger partial charge in [-0.15, -0.1) is 0 Å². The topological polar surface area (TPSA) is 86.8 Å². The molecule has 0 saturated heterocycles. The van der Waals surface area contributed by atoms with E-state index in [9.17, 15) is 18.0 Å². The van der Waals surface area contributed by atoms with Crippen molar-refractivity contribution in [2.24, 2.45) is 0 Å². The Kier molecular flexibility index (Phi) is 11.7. The molecule has 0 aliphatic carbocycles. The molecule has 0 spiro atoms. The molecule has 0 saturated carbocycles. The van der Waals surface area contributed by atoms with Gasteiger partial charge in [0.2, 0.25) is 11.8 Å². The minimum absolute atomic E-state index is 0.0729. The van der Waals surface area contributed by atoms with E-state index in [0.717, 1.165) is 32.1 Å². The Morgan fingerprint density at radius 3 is 2.09 bits per heavy atom. The smallest absolute Gasteiger partial charge is 0.264 e. The number of anilines is 1. The van der Waals surface area contributed by atoms with Gasteiger partial charge in [-0.3, -0.25) is 13.9 Å². The van der Waals surface area contributed by atoms with Crippen LogP contribution in [0.3, 0.4) is 0 Å². The average Bonchev–Trinajstić information content (AvgIpc) is 3.04. The number of carbonyl (C=O) groups excluding carboxylic acids is 2. The third-order valence-corrected chi connectivity index (χ3v) is 10.2. The van der Waals surface area contributed by atoms with Crippen LogP contribution >= 0.6 is 11.6 Å². The van der Waals surface area contributed by atoms with Crippen LogP contribution in [0.2, 0.25) is 5.02 Å². The molecule has 4 aromatic carbocycles. The Labute approximate surface area is 278 Å². The molecule has 2 amide bonds. The van der Waals surface area contributed by atoms with E-state index in [0.29, 0.717) is 17.1 Å². The Balaban J connectivity index is 1.82. The van der Waals surface area contributed by atoms with Gasteiger partial charge >= 0.3 is 0 Å². The summed E-state index contributed by atoms with van der Waals surface area (Å²) in [6.45, 7) is 9.19. The van der Waals surface area contributed by atoms with Crippen LogP contribution in [0.1, 0.15) is 48.1 Å². The molecule has 0 unspecified atom stereocenters. The zero-order chi connectivity index (χ0) is 33.4. The van der Waals surface area contributed by atoms with Crippen LogP contribution in [0.15, 0.2) is 102 Å². The Morgan fingerprint density at radius 2 is 1.48 bits per heavy atom. The number of nitrogens with zero attached hydrogens (tertiary/aromatic N) is 2. The first-order valence-corrected chi connectivity index (χ1v) is 17.3. The van der Waals surface area contributed by atoms with Crippen LogP contribution in [0.5, 0.6) is 0 Å². The third kappa shape index (κ3) is 8.77. The average molecular weight is 660 g/mol. The number of benzene rings is 4. The minimum Gasteiger partial charge on any atom is -0.352 e. The van der Waals surface area contributed by atoms with Crippen LogP contribution in [0.25, 0.3) is 0 Å². The van der Waals surface area contributed by atoms with Crippen molar-refractivity contribution in [3.8, 4) is 0 Å². The largest absolute Gasteiger partial charge is 0.352 e. The minimum atomic E-state index is -4.17. The summed E-state index contributed by atoms with van der Waals surface area (Å²) in [6.07, 6.45) is 0.959. The fourth-order valence-corrected chi connectivity index (χ4v) is 6.56. The van der Waals surface area contributed by atoms with Crippen molar-refractivity contribution in [2.75, 3.05) is 10.8 Å². The van der Waals surface area contributed by atoms with Crippen molar-refractivity contribution in [1.29, 1.82) is 0 Å². The predicted molar refractivity (Wildman–Crippen MR) is 185 cm³/mol. The molecule has 242 valence electrons. The first-order chi connectivity index (χ1) is 21.9. The van der Waals surface area contributed by atoms with Gasteiger partial charge in [0.1, 0.15) is 12.6 Å². The van der Waals surface area contributed by atoms with Crippen molar-refractivity contribution in [2.45, 2.75) is 71.0 Å². The predicted octanol–water partition coefficient (Wildman–Crippen LogP) is 7.02. The van der Waals surface area contributed by atoms with Crippen molar-refractivity contribution >= 4 is 39.1 Å². The lowest BCUT2D eigenvalue weighted by molar-refractivity contribution is -0.140. The quantitative estimate of drug-likeness (QED) is 0.167. The summed E-state index contributed by atoms with van der Waals surface area (Å²) in [4.78, 5) is 30.1. The SMILES string of the molecule is CC[C@H](C)NC(=O)[C@H](Cc1ccccc1)N(Cc1ccc(Cl)cc1)C(=O)CN(c1ccc(C)c(C)c1)S(=O)(=O)c1ccc(C)cc1. The van der Waals surface area contributed by atoms with E-state index in [-0.39, 0.29) is 29.8 Å². The normalized spacial score (nSPS) is 12.7. The molecule has 7 nitrogen and oxygen atoms in total. The first kappa shape index (κ1) is 34.7. The van der Waals surface area contributed by atoms with Crippen LogP contribution in [0.4, 0.5) is 5.69 Å². The molecule has 46 heavy (non-hydrogen) atoms.